The van der Waals surface area contributed by atoms with Gasteiger partial charge in [-0.2, -0.15) is 0 Å². The summed E-state index contributed by atoms with van der Waals surface area (Å²) in [6.07, 6.45) is 2.60. The SMILES string of the molecule is CCNC(=NCc1nc(C)c(C)s1)N1CCCC(C)C1.I. The molecule has 1 atom stereocenters. The molecule has 1 unspecified atom stereocenters. The van der Waals surface area contributed by atoms with Gasteiger partial charge in [-0.1, -0.05) is 6.92 Å². The molecule has 1 aromatic rings. The van der Waals surface area contributed by atoms with Gasteiger partial charge < -0.3 is 10.2 Å². The molecule has 120 valence electrons. The van der Waals surface area contributed by atoms with Crippen LogP contribution in [-0.4, -0.2) is 35.5 Å². The van der Waals surface area contributed by atoms with Gasteiger partial charge in [0.15, 0.2) is 5.96 Å². The standard InChI is InChI=1S/C15H26N4S.HI/c1-5-16-15(19-8-6-7-11(2)10-19)17-9-14-18-12(3)13(4)20-14;/h11H,5-10H2,1-4H3,(H,16,17);1H. The van der Waals surface area contributed by atoms with Crippen molar-refractivity contribution in [3.05, 3.63) is 15.6 Å². The number of halogens is 1. The fourth-order valence-electron chi connectivity index (χ4n) is 2.56. The highest BCUT2D eigenvalue weighted by atomic mass is 127. The highest BCUT2D eigenvalue weighted by molar-refractivity contribution is 14.0. The van der Waals surface area contributed by atoms with E-state index in [2.05, 4.69) is 42.9 Å². The van der Waals surface area contributed by atoms with Gasteiger partial charge in [0.1, 0.15) is 5.01 Å². The monoisotopic (exact) mass is 422 g/mol. The van der Waals surface area contributed by atoms with Crippen molar-refractivity contribution in [2.24, 2.45) is 10.9 Å². The van der Waals surface area contributed by atoms with E-state index in [1.165, 1.54) is 17.7 Å². The Labute approximate surface area is 149 Å². The molecule has 1 N–H and O–H groups in total. The van der Waals surface area contributed by atoms with Gasteiger partial charge in [-0.05, 0) is 39.5 Å². The van der Waals surface area contributed by atoms with Crippen LogP contribution in [0.2, 0.25) is 0 Å². The topological polar surface area (TPSA) is 40.5 Å². The Balaban J connectivity index is 0.00000220. The number of aliphatic imine (C=N–C) groups is 1. The number of hydrogen-bond donors (Lipinski definition) is 1. The first kappa shape index (κ1) is 18.7. The predicted octanol–water partition coefficient (Wildman–Crippen LogP) is 3.58. The second-order valence-corrected chi connectivity index (χ2v) is 6.90. The maximum Gasteiger partial charge on any atom is 0.194 e. The first-order chi connectivity index (χ1) is 9.60. The minimum absolute atomic E-state index is 0. The Morgan fingerprint density at radius 2 is 2.24 bits per heavy atom. The number of aromatic nitrogens is 1. The molecule has 0 aromatic carbocycles. The van der Waals surface area contributed by atoms with Crippen molar-refractivity contribution in [3.63, 3.8) is 0 Å². The molecule has 0 saturated carbocycles. The van der Waals surface area contributed by atoms with Crippen molar-refractivity contribution < 1.29 is 0 Å². The Morgan fingerprint density at radius 3 is 2.81 bits per heavy atom. The van der Waals surface area contributed by atoms with Crippen molar-refractivity contribution in [1.29, 1.82) is 0 Å². The number of likely N-dealkylation sites (tertiary alicyclic amines) is 1. The van der Waals surface area contributed by atoms with Crippen LogP contribution >= 0.6 is 35.3 Å². The summed E-state index contributed by atoms with van der Waals surface area (Å²) in [5.74, 6) is 1.81. The van der Waals surface area contributed by atoms with Crippen LogP contribution < -0.4 is 5.32 Å². The molecule has 1 aliphatic heterocycles. The number of rotatable bonds is 3. The van der Waals surface area contributed by atoms with Gasteiger partial charge in [-0.15, -0.1) is 35.3 Å². The number of guanidine groups is 1. The average molecular weight is 422 g/mol. The Hall–Kier alpha value is -0.370. The number of thiazole rings is 1. The number of nitrogens with zero attached hydrogens (tertiary/aromatic N) is 3. The second-order valence-electron chi connectivity index (χ2n) is 5.61. The second kappa shape index (κ2) is 8.92. The zero-order valence-corrected chi connectivity index (χ0v) is 16.6. The summed E-state index contributed by atoms with van der Waals surface area (Å²) in [7, 11) is 0. The molecule has 2 heterocycles. The summed E-state index contributed by atoms with van der Waals surface area (Å²) in [5, 5.41) is 4.53. The lowest BCUT2D eigenvalue weighted by atomic mass is 10.0. The molecule has 0 amide bonds. The summed E-state index contributed by atoms with van der Waals surface area (Å²) in [5.41, 5.74) is 1.14. The molecule has 0 radical (unpaired) electrons. The Morgan fingerprint density at radius 1 is 1.48 bits per heavy atom. The largest absolute Gasteiger partial charge is 0.357 e. The van der Waals surface area contributed by atoms with Crippen molar-refractivity contribution in [3.8, 4) is 0 Å². The van der Waals surface area contributed by atoms with E-state index in [1.54, 1.807) is 11.3 Å². The van der Waals surface area contributed by atoms with Crippen LogP contribution in [0.5, 0.6) is 0 Å². The van der Waals surface area contributed by atoms with Crippen LogP contribution in [0.4, 0.5) is 0 Å². The third kappa shape index (κ3) is 5.39. The summed E-state index contributed by atoms with van der Waals surface area (Å²) in [4.78, 5) is 13.0. The van der Waals surface area contributed by atoms with Gasteiger partial charge in [0.25, 0.3) is 0 Å². The van der Waals surface area contributed by atoms with Gasteiger partial charge in [0, 0.05) is 24.5 Å². The minimum atomic E-state index is 0. The van der Waals surface area contributed by atoms with E-state index >= 15 is 0 Å². The number of piperidine rings is 1. The molecule has 6 heteroatoms. The molecule has 21 heavy (non-hydrogen) atoms. The summed E-state index contributed by atoms with van der Waals surface area (Å²) < 4.78 is 0. The summed E-state index contributed by atoms with van der Waals surface area (Å²) in [6.45, 7) is 12.5. The molecule has 0 spiro atoms. The molecular weight excluding hydrogens is 395 g/mol. The van der Waals surface area contributed by atoms with Crippen molar-refractivity contribution in [1.82, 2.24) is 15.2 Å². The smallest absolute Gasteiger partial charge is 0.194 e. The molecular formula is C15H27IN4S. The van der Waals surface area contributed by atoms with E-state index < -0.39 is 0 Å². The fraction of sp³-hybridized carbons (Fsp3) is 0.733. The van der Waals surface area contributed by atoms with Crippen LogP contribution in [0.1, 0.15) is 42.3 Å². The first-order valence-corrected chi connectivity index (χ1v) is 8.38. The van der Waals surface area contributed by atoms with E-state index in [0.717, 1.165) is 42.2 Å². The van der Waals surface area contributed by atoms with Crippen molar-refractivity contribution >= 4 is 41.3 Å². The summed E-state index contributed by atoms with van der Waals surface area (Å²) >= 11 is 1.76. The lowest BCUT2D eigenvalue weighted by Crippen LogP contribution is -2.46. The fourth-order valence-corrected chi connectivity index (χ4v) is 3.42. The van der Waals surface area contributed by atoms with Crippen LogP contribution in [0, 0.1) is 19.8 Å². The van der Waals surface area contributed by atoms with Crippen molar-refractivity contribution in [2.45, 2.75) is 47.1 Å². The zero-order chi connectivity index (χ0) is 14.5. The van der Waals surface area contributed by atoms with Crippen molar-refractivity contribution in [2.75, 3.05) is 19.6 Å². The van der Waals surface area contributed by atoms with E-state index in [4.69, 9.17) is 4.99 Å². The minimum Gasteiger partial charge on any atom is -0.357 e. The van der Waals surface area contributed by atoms with Gasteiger partial charge >= 0.3 is 0 Å². The van der Waals surface area contributed by atoms with Gasteiger partial charge in [-0.3, -0.25) is 0 Å². The molecule has 1 aliphatic rings. The van der Waals surface area contributed by atoms with E-state index in [-0.39, 0.29) is 24.0 Å². The van der Waals surface area contributed by atoms with E-state index in [0.29, 0.717) is 6.54 Å². The van der Waals surface area contributed by atoms with E-state index in [9.17, 15) is 0 Å². The molecule has 0 aliphatic carbocycles. The third-order valence-electron chi connectivity index (χ3n) is 3.73. The van der Waals surface area contributed by atoms with Crippen LogP contribution in [0.25, 0.3) is 0 Å². The normalized spacial score (nSPS) is 19.3. The maximum atomic E-state index is 4.78. The van der Waals surface area contributed by atoms with Crippen LogP contribution in [0.3, 0.4) is 0 Å². The third-order valence-corrected chi connectivity index (χ3v) is 4.79. The van der Waals surface area contributed by atoms with Gasteiger partial charge in [0.05, 0.1) is 12.2 Å². The zero-order valence-electron chi connectivity index (χ0n) is 13.5. The predicted molar refractivity (Wildman–Crippen MR) is 102 cm³/mol. The average Bonchev–Trinajstić information content (AvgIpc) is 2.74. The Kier molecular flexibility index (Phi) is 7.94. The number of nitrogens with one attached hydrogen (secondary N) is 1. The van der Waals surface area contributed by atoms with Gasteiger partial charge in [-0.25, -0.2) is 9.98 Å². The van der Waals surface area contributed by atoms with Gasteiger partial charge in [0.2, 0.25) is 0 Å². The maximum absolute atomic E-state index is 4.78. The lowest BCUT2D eigenvalue weighted by Gasteiger charge is -2.33. The highest BCUT2D eigenvalue weighted by Gasteiger charge is 2.19. The van der Waals surface area contributed by atoms with E-state index in [1.807, 2.05) is 0 Å². The quantitative estimate of drug-likeness (QED) is 0.460. The first-order valence-electron chi connectivity index (χ1n) is 7.56. The molecule has 4 nitrogen and oxygen atoms in total. The molecule has 2 rings (SSSR count). The molecule has 1 fully saturated rings. The molecule has 1 aromatic heterocycles. The van der Waals surface area contributed by atoms with Crippen LogP contribution in [0.15, 0.2) is 4.99 Å². The molecule has 1 saturated heterocycles. The highest BCUT2D eigenvalue weighted by Crippen LogP contribution is 2.18. The molecule has 0 bridgehead atoms. The van der Waals surface area contributed by atoms with Crippen LogP contribution in [-0.2, 0) is 6.54 Å². The number of aryl methyl sites for hydroxylation is 2. The number of hydrogen-bond acceptors (Lipinski definition) is 3. The lowest BCUT2D eigenvalue weighted by molar-refractivity contribution is 0.266. The Bertz CT molecular complexity index is 453. The summed E-state index contributed by atoms with van der Waals surface area (Å²) in [6, 6.07) is 0.